The molecule has 2 aliphatic carbocycles. The van der Waals surface area contributed by atoms with E-state index >= 15 is 0 Å². The Kier molecular flexibility index (Phi) is 13.2. The molecule has 8 heteroatoms. The number of aliphatic hydroxyl groups is 1. The first-order chi connectivity index (χ1) is 24.3. The molecule has 0 saturated heterocycles. The van der Waals surface area contributed by atoms with Gasteiger partial charge in [-0.2, -0.15) is 0 Å². The van der Waals surface area contributed by atoms with Crippen LogP contribution in [0.4, 0.5) is 0 Å². The predicted octanol–water partition coefficient (Wildman–Crippen LogP) is 7.83. The van der Waals surface area contributed by atoms with Crippen molar-refractivity contribution >= 4 is 17.6 Å². The van der Waals surface area contributed by atoms with Crippen LogP contribution in [0.25, 0.3) is 0 Å². The fourth-order valence-electron chi connectivity index (χ4n) is 6.56. The minimum Gasteiger partial charge on any atom is -0.497 e. The van der Waals surface area contributed by atoms with E-state index in [1.807, 2.05) is 24.3 Å². The summed E-state index contributed by atoms with van der Waals surface area (Å²) in [6.07, 6.45) is 10.8. The van der Waals surface area contributed by atoms with E-state index in [0.717, 1.165) is 36.8 Å². The highest BCUT2D eigenvalue weighted by molar-refractivity contribution is 6.09. The Balaban J connectivity index is 0.000000194. The third-order valence-electron chi connectivity index (χ3n) is 9.52. The number of nitrogens with one attached hydrogen (secondary N) is 2. The summed E-state index contributed by atoms with van der Waals surface area (Å²) in [5.41, 5.74) is 3.86. The van der Waals surface area contributed by atoms with Gasteiger partial charge in [-0.15, -0.1) is 0 Å². The van der Waals surface area contributed by atoms with Crippen LogP contribution in [0.5, 0.6) is 11.5 Å². The molecule has 2 aliphatic rings. The van der Waals surface area contributed by atoms with E-state index in [2.05, 4.69) is 10.6 Å². The molecule has 0 heterocycles. The predicted molar refractivity (Wildman–Crippen MR) is 195 cm³/mol. The molecule has 8 nitrogen and oxygen atoms in total. The average molecular weight is 677 g/mol. The standard InChI is InChI=1S/C21H25NO3.C21H23NO3/c2*1-25-19-9-5-6-17(14-19)20(23)15-10-12-16(13-11-15)21(24)22-18-7-3-2-4-8-18/h5-6,9-14,18,20,23H,2-4,7-8H2,1H3,(H,22,24);5-6,9-14,18H,2-4,7-8H2,1H3,(H,22,24). The number of carbonyl (C=O) groups is 3. The highest BCUT2D eigenvalue weighted by atomic mass is 16.5. The molecule has 6 rings (SSSR count). The van der Waals surface area contributed by atoms with Gasteiger partial charge in [-0.3, -0.25) is 14.4 Å². The Morgan fingerprint density at radius 3 is 1.54 bits per heavy atom. The third-order valence-corrected chi connectivity index (χ3v) is 9.52. The summed E-state index contributed by atoms with van der Waals surface area (Å²) in [7, 11) is 3.18. The molecular weight excluding hydrogens is 628 g/mol. The van der Waals surface area contributed by atoms with Crippen LogP contribution in [0.1, 0.15) is 118 Å². The van der Waals surface area contributed by atoms with Crippen LogP contribution in [0, 0.1) is 0 Å². The molecule has 1 unspecified atom stereocenters. The molecule has 0 bridgehead atoms. The largest absolute Gasteiger partial charge is 0.497 e. The Bertz CT molecular complexity index is 1710. The lowest BCUT2D eigenvalue weighted by atomic mass is 9.95. The number of ketones is 1. The van der Waals surface area contributed by atoms with Crippen molar-refractivity contribution in [1.82, 2.24) is 10.6 Å². The van der Waals surface area contributed by atoms with Gasteiger partial charge in [0.2, 0.25) is 0 Å². The molecule has 2 saturated carbocycles. The maximum atomic E-state index is 12.6. The number of hydrogen-bond donors (Lipinski definition) is 3. The van der Waals surface area contributed by atoms with Crippen molar-refractivity contribution in [1.29, 1.82) is 0 Å². The van der Waals surface area contributed by atoms with Crippen LogP contribution >= 0.6 is 0 Å². The molecule has 1 atom stereocenters. The summed E-state index contributed by atoms with van der Waals surface area (Å²) < 4.78 is 10.4. The van der Waals surface area contributed by atoms with Gasteiger partial charge in [0, 0.05) is 34.3 Å². The van der Waals surface area contributed by atoms with Crippen LogP contribution in [0.3, 0.4) is 0 Å². The molecule has 3 N–H and O–H groups in total. The number of hydrogen-bond acceptors (Lipinski definition) is 6. The first-order valence-corrected chi connectivity index (χ1v) is 17.7. The van der Waals surface area contributed by atoms with E-state index in [0.29, 0.717) is 39.8 Å². The molecule has 50 heavy (non-hydrogen) atoms. The van der Waals surface area contributed by atoms with Crippen molar-refractivity contribution in [2.45, 2.75) is 82.4 Å². The van der Waals surface area contributed by atoms with E-state index < -0.39 is 6.10 Å². The molecule has 4 aromatic rings. The second-order valence-corrected chi connectivity index (χ2v) is 13.1. The van der Waals surface area contributed by atoms with E-state index in [4.69, 9.17) is 9.47 Å². The number of amides is 2. The molecule has 0 aromatic heterocycles. The fourth-order valence-corrected chi connectivity index (χ4v) is 6.56. The monoisotopic (exact) mass is 676 g/mol. The molecular formula is C42H48N2O6. The van der Waals surface area contributed by atoms with E-state index in [1.165, 1.54) is 38.5 Å². The van der Waals surface area contributed by atoms with Gasteiger partial charge in [-0.05, 0) is 85.3 Å². The molecule has 0 radical (unpaired) electrons. The number of ether oxygens (including phenoxy) is 2. The summed E-state index contributed by atoms with van der Waals surface area (Å²) in [5, 5.41) is 16.7. The maximum absolute atomic E-state index is 12.6. The van der Waals surface area contributed by atoms with Crippen molar-refractivity contribution in [3.63, 3.8) is 0 Å². The highest BCUT2D eigenvalue weighted by Gasteiger charge is 2.19. The molecule has 0 spiro atoms. The lowest BCUT2D eigenvalue weighted by molar-refractivity contribution is 0.0919. The van der Waals surface area contributed by atoms with Crippen molar-refractivity contribution in [2.24, 2.45) is 0 Å². The van der Waals surface area contributed by atoms with Gasteiger partial charge in [-0.1, -0.05) is 87.1 Å². The van der Waals surface area contributed by atoms with Crippen LogP contribution in [0.2, 0.25) is 0 Å². The van der Waals surface area contributed by atoms with Gasteiger partial charge in [0.15, 0.2) is 5.78 Å². The first kappa shape index (κ1) is 36.3. The van der Waals surface area contributed by atoms with Gasteiger partial charge in [0.1, 0.15) is 17.6 Å². The second kappa shape index (κ2) is 18.2. The zero-order valence-corrected chi connectivity index (χ0v) is 29.0. The Hall–Kier alpha value is -4.95. The zero-order valence-electron chi connectivity index (χ0n) is 29.0. The lowest BCUT2D eigenvalue weighted by Gasteiger charge is -2.22. The summed E-state index contributed by atoms with van der Waals surface area (Å²) in [5.74, 6) is 1.18. The van der Waals surface area contributed by atoms with E-state index in [1.54, 1.807) is 87.0 Å². The first-order valence-electron chi connectivity index (χ1n) is 17.7. The summed E-state index contributed by atoms with van der Waals surface area (Å²) >= 11 is 0. The van der Waals surface area contributed by atoms with Crippen molar-refractivity contribution in [3.8, 4) is 11.5 Å². The quantitative estimate of drug-likeness (QED) is 0.148. The zero-order chi connectivity index (χ0) is 35.3. The van der Waals surface area contributed by atoms with Crippen LogP contribution in [-0.2, 0) is 0 Å². The van der Waals surface area contributed by atoms with E-state index in [9.17, 15) is 19.5 Å². The summed E-state index contributed by atoms with van der Waals surface area (Å²) in [4.78, 5) is 37.2. The van der Waals surface area contributed by atoms with Crippen LogP contribution in [0.15, 0.2) is 97.1 Å². The Morgan fingerprint density at radius 1 is 0.560 bits per heavy atom. The van der Waals surface area contributed by atoms with Gasteiger partial charge in [-0.25, -0.2) is 0 Å². The number of rotatable bonds is 10. The Labute approximate surface area is 295 Å². The Morgan fingerprint density at radius 2 is 1.02 bits per heavy atom. The van der Waals surface area contributed by atoms with Crippen LogP contribution in [-0.4, -0.2) is 49.0 Å². The van der Waals surface area contributed by atoms with Gasteiger partial charge in [0.25, 0.3) is 11.8 Å². The normalized spacial score (nSPS) is 15.5. The number of benzene rings is 4. The molecule has 0 aliphatic heterocycles. The minimum atomic E-state index is -0.745. The van der Waals surface area contributed by atoms with Crippen molar-refractivity contribution in [3.05, 3.63) is 130 Å². The van der Waals surface area contributed by atoms with Crippen molar-refractivity contribution < 1.29 is 29.0 Å². The molecule has 4 aromatic carbocycles. The second-order valence-electron chi connectivity index (χ2n) is 13.1. The number of carbonyl (C=O) groups excluding carboxylic acids is 3. The van der Waals surface area contributed by atoms with E-state index in [-0.39, 0.29) is 23.6 Å². The van der Waals surface area contributed by atoms with Crippen molar-refractivity contribution in [2.75, 3.05) is 14.2 Å². The lowest BCUT2D eigenvalue weighted by Crippen LogP contribution is -2.36. The summed E-state index contributed by atoms with van der Waals surface area (Å²) in [6.45, 7) is 0. The molecule has 2 amide bonds. The third kappa shape index (κ3) is 10.0. The molecule has 262 valence electrons. The fraction of sp³-hybridized carbons (Fsp3) is 0.357. The molecule has 2 fully saturated rings. The number of aliphatic hydroxyl groups excluding tert-OH is 1. The maximum Gasteiger partial charge on any atom is 0.251 e. The van der Waals surface area contributed by atoms with Gasteiger partial charge in [0.05, 0.1) is 14.2 Å². The minimum absolute atomic E-state index is 0.0330. The highest BCUT2D eigenvalue weighted by Crippen LogP contribution is 2.26. The smallest absolute Gasteiger partial charge is 0.251 e. The van der Waals surface area contributed by atoms with Crippen LogP contribution < -0.4 is 20.1 Å². The topological polar surface area (TPSA) is 114 Å². The van der Waals surface area contributed by atoms with Gasteiger partial charge < -0.3 is 25.2 Å². The SMILES string of the molecule is COc1cccc(C(=O)c2ccc(C(=O)NC3CCCCC3)cc2)c1.COc1cccc(C(O)c2ccc(C(=O)NC3CCCCC3)cc2)c1. The van der Waals surface area contributed by atoms with Gasteiger partial charge >= 0.3 is 0 Å². The number of methoxy groups -OCH3 is 2. The summed E-state index contributed by atoms with van der Waals surface area (Å²) in [6, 6.07) is 29.0. The average Bonchev–Trinajstić information content (AvgIpc) is 3.18.